The fourth-order valence-corrected chi connectivity index (χ4v) is 1.76. The zero-order chi connectivity index (χ0) is 12.8. The van der Waals surface area contributed by atoms with E-state index in [-0.39, 0.29) is 0 Å². The summed E-state index contributed by atoms with van der Waals surface area (Å²) in [5.41, 5.74) is 0. The van der Waals surface area contributed by atoms with Crippen LogP contribution < -0.4 is 15.0 Å². The molecule has 100 valence electrons. The molecule has 0 aromatic carbocycles. The maximum atomic E-state index is 5.42. The fourth-order valence-electron chi connectivity index (χ4n) is 1.76. The molecular weight excluding hydrogens is 234 g/mol. The lowest BCUT2D eigenvalue weighted by Crippen LogP contribution is -2.28. The maximum absolute atomic E-state index is 5.42. The predicted molar refractivity (Wildman–Crippen MR) is 68.2 cm³/mol. The Balaban J connectivity index is 2.21. The maximum Gasteiger partial charge on any atom is 0.322 e. The number of hydrogen-bond acceptors (Lipinski definition) is 7. The Morgan fingerprint density at radius 3 is 2.94 bits per heavy atom. The van der Waals surface area contributed by atoms with E-state index < -0.39 is 0 Å². The number of ether oxygens (including phenoxy) is 2. The Morgan fingerprint density at radius 2 is 2.17 bits per heavy atom. The first-order chi connectivity index (χ1) is 8.83. The van der Waals surface area contributed by atoms with Gasteiger partial charge in [0.2, 0.25) is 11.9 Å². The smallest absolute Gasteiger partial charge is 0.322 e. The van der Waals surface area contributed by atoms with Crippen LogP contribution in [0.2, 0.25) is 0 Å². The third-order valence-corrected chi connectivity index (χ3v) is 2.63. The average molecular weight is 253 g/mol. The normalized spacial score (nSPS) is 16.2. The summed E-state index contributed by atoms with van der Waals surface area (Å²) < 4.78 is 10.5. The van der Waals surface area contributed by atoms with Gasteiger partial charge in [0, 0.05) is 26.2 Å². The molecule has 1 aromatic rings. The first kappa shape index (κ1) is 12.8. The number of aromatic nitrogens is 3. The molecule has 1 aromatic heterocycles. The molecule has 0 aliphatic carbocycles. The molecule has 7 nitrogen and oxygen atoms in total. The highest BCUT2D eigenvalue weighted by molar-refractivity contribution is 5.38. The minimum Gasteiger partial charge on any atom is -0.467 e. The van der Waals surface area contributed by atoms with E-state index in [2.05, 4.69) is 25.2 Å². The van der Waals surface area contributed by atoms with Gasteiger partial charge < -0.3 is 19.7 Å². The van der Waals surface area contributed by atoms with Crippen LogP contribution in [0.4, 0.5) is 11.9 Å². The first-order valence-electron chi connectivity index (χ1n) is 6.20. The van der Waals surface area contributed by atoms with Crippen LogP contribution in [0.15, 0.2) is 0 Å². The Labute approximate surface area is 107 Å². The van der Waals surface area contributed by atoms with Crippen LogP contribution >= 0.6 is 0 Å². The number of anilines is 2. The molecule has 0 bridgehead atoms. The van der Waals surface area contributed by atoms with Crippen LogP contribution in [0.1, 0.15) is 13.3 Å². The van der Waals surface area contributed by atoms with E-state index in [1.165, 1.54) is 0 Å². The lowest BCUT2D eigenvalue weighted by Gasteiger charge is -2.20. The molecule has 1 aliphatic heterocycles. The van der Waals surface area contributed by atoms with Crippen molar-refractivity contribution in [1.82, 2.24) is 15.0 Å². The van der Waals surface area contributed by atoms with Gasteiger partial charge in [-0.3, -0.25) is 0 Å². The van der Waals surface area contributed by atoms with Crippen molar-refractivity contribution >= 4 is 11.9 Å². The zero-order valence-electron chi connectivity index (χ0n) is 10.8. The van der Waals surface area contributed by atoms with Crippen molar-refractivity contribution in [3.05, 3.63) is 0 Å². The lowest BCUT2D eigenvalue weighted by molar-refractivity contribution is 0.152. The van der Waals surface area contributed by atoms with E-state index in [1.54, 1.807) is 7.11 Å². The Bertz CT molecular complexity index is 380. The second-order valence-electron chi connectivity index (χ2n) is 3.93. The summed E-state index contributed by atoms with van der Waals surface area (Å²) in [5, 5.41) is 3.08. The topological polar surface area (TPSA) is 72.4 Å². The Kier molecular flexibility index (Phi) is 4.52. The van der Waals surface area contributed by atoms with Gasteiger partial charge in [0.1, 0.15) is 0 Å². The van der Waals surface area contributed by atoms with Gasteiger partial charge in [0.05, 0.1) is 13.7 Å². The summed E-state index contributed by atoms with van der Waals surface area (Å²) in [5.74, 6) is 1.19. The summed E-state index contributed by atoms with van der Waals surface area (Å²) in [6, 6.07) is 0.334. The van der Waals surface area contributed by atoms with Crippen LogP contribution in [0.5, 0.6) is 6.01 Å². The van der Waals surface area contributed by atoms with Gasteiger partial charge >= 0.3 is 6.01 Å². The highest BCUT2D eigenvalue weighted by atomic mass is 16.5. The number of nitrogens with zero attached hydrogens (tertiary/aromatic N) is 4. The lowest BCUT2D eigenvalue weighted by atomic mass is 10.4. The van der Waals surface area contributed by atoms with E-state index in [1.807, 2.05) is 6.92 Å². The molecule has 0 amide bonds. The summed E-state index contributed by atoms with van der Waals surface area (Å²) in [7, 11) is 1.56. The van der Waals surface area contributed by atoms with Crippen LogP contribution in [0, 0.1) is 0 Å². The second-order valence-corrected chi connectivity index (χ2v) is 3.93. The minimum atomic E-state index is 0.334. The SMILES string of the molecule is CCNc1nc(OC)nc(N2CCCOCC2)n1. The molecule has 0 spiro atoms. The highest BCUT2D eigenvalue weighted by Crippen LogP contribution is 2.16. The fraction of sp³-hybridized carbons (Fsp3) is 0.727. The minimum absolute atomic E-state index is 0.334. The van der Waals surface area contributed by atoms with Crippen molar-refractivity contribution in [2.45, 2.75) is 13.3 Å². The molecule has 1 fully saturated rings. The van der Waals surface area contributed by atoms with E-state index in [0.29, 0.717) is 24.5 Å². The summed E-state index contributed by atoms with van der Waals surface area (Å²) in [6.07, 6.45) is 0.977. The van der Waals surface area contributed by atoms with Crippen LogP contribution in [-0.4, -0.2) is 54.9 Å². The highest BCUT2D eigenvalue weighted by Gasteiger charge is 2.15. The van der Waals surface area contributed by atoms with Crippen molar-refractivity contribution < 1.29 is 9.47 Å². The predicted octanol–water partition coefficient (Wildman–Crippen LogP) is 0.539. The van der Waals surface area contributed by atoms with Crippen molar-refractivity contribution in [2.75, 3.05) is 50.2 Å². The van der Waals surface area contributed by atoms with E-state index in [4.69, 9.17) is 9.47 Å². The molecular formula is C11H19N5O2. The van der Waals surface area contributed by atoms with Gasteiger partial charge in [-0.2, -0.15) is 15.0 Å². The molecule has 0 unspecified atom stereocenters. The Hall–Kier alpha value is -1.63. The van der Waals surface area contributed by atoms with Gasteiger partial charge in [-0.1, -0.05) is 0 Å². The Morgan fingerprint density at radius 1 is 1.28 bits per heavy atom. The molecule has 1 saturated heterocycles. The third kappa shape index (κ3) is 3.19. The first-order valence-corrected chi connectivity index (χ1v) is 6.20. The molecule has 1 aliphatic rings. The number of nitrogens with one attached hydrogen (secondary N) is 1. The van der Waals surface area contributed by atoms with Gasteiger partial charge in [0.25, 0.3) is 0 Å². The zero-order valence-corrected chi connectivity index (χ0v) is 10.8. The largest absolute Gasteiger partial charge is 0.467 e. The molecule has 18 heavy (non-hydrogen) atoms. The number of hydrogen-bond donors (Lipinski definition) is 1. The van der Waals surface area contributed by atoms with E-state index in [9.17, 15) is 0 Å². The van der Waals surface area contributed by atoms with Gasteiger partial charge in [0.15, 0.2) is 0 Å². The van der Waals surface area contributed by atoms with Crippen molar-refractivity contribution in [3.8, 4) is 6.01 Å². The van der Waals surface area contributed by atoms with Gasteiger partial charge in [-0.15, -0.1) is 0 Å². The van der Waals surface area contributed by atoms with Crippen LogP contribution in [0.3, 0.4) is 0 Å². The van der Waals surface area contributed by atoms with Crippen LogP contribution in [0.25, 0.3) is 0 Å². The molecule has 2 rings (SSSR count). The molecule has 0 atom stereocenters. The summed E-state index contributed by atoms with van der Waals surface area (Å²) in [6.45, 7) is 5.92. The van der Waals surface area contributed by atoms with Crippen molar-refractivity contribution in [1.29, 1.82) is 0 Å². The van der Waals surface area contributed by atoms with Crippen molar-refractivity contribution in [3.63, 3.8) is 0 Å². The van der Waals surface area contributed by atoms with Crippen LogP contribution in [-0.2, 0) is 4.74 Å². The molecule has 1 N–H and O–H groups in total. The quantitative estimate of drug-likeness (QED) is 0.839. The second kappa shape index (κ2) is 6.34. The number of methoxy groups -OCH3 is 1. The molecule has 0 radical (unpaired) electrons. The van der Waals surface area contributed by atoms with E-state index in [0.717, 1.165) is 32.7 Å². The number of rotatable bonds is 4. The summed E-state index contributed by atoms with van der Waals surface area (Å²) in [4.78, 5) is 14.9. The molecule has 2 heterocycles. The average Bonchev–Trinajstić information content (AvgIpc) is 2.67. The van der Waals surface area contributed by atoms with Gasteiger partial charge in [-0.25, -0.2) is 0 Å². The summed E-state index contributed by atoms with van der Waals surface area (Å²) >= 11 is 0. The third-order valence-electron chi connectivity index (χ3n) is 2.63. The standard InChI is InChI=1S/C11H19N5O2/c1-3-12-9-13-10(15-11(14-9)17-2)16-5-4-7-18-8-6-16/h3-8H2,1-2H3,(H,12,13,14,15). The monoisotopic (exact) mass is 253 g/mol. The van der Waals surface area contributed by atoms with Gasteiger partial charge in [-0.05, 0) is 13.3 Å². The van der Waals surface area contributed by atoms with E-state index >= 15 is 0 Å². The van der Waals surface area contributed by atoms with Crippen molar-refractivity contribution in [2.24, 2.45) is 0 Å². The molecule has 0 saturated carbocycles. The molecule has 7 heteroatoms.